The maximum Gasteiger partial charge on any atom is 0.0494 e. The van der Waals surface area contributed by atoms with E-state index in [2.05, 4.69) is 35.9 Å². The van der Waals surface area contributed by atoms with Crippen LogP contribution in [0.15, 0.2) is 21.9 Å². The van der Waals surface area contributed by atoms with Gasteiger partial charge in [0.05, 0.1) is 0 Å². The zero-order chi connectivity index (χ0) is 9.14. The van der Waals surface area contributed by atoms with Crippen LogP contribution in [0.5, 0.6) is 0 Å². The first-order chi connectivity index (χ1) is 5.69. The largest absolute Gasteiger partial charge is 0.387 e. The molecule has 0 aromatic heterocycles. The lowest BCUT2D eigenvalue weighted by Crippen LogP contribution is -1.94. The summed E-state index contributed by atoms with van der Waals surface area (Å²) in [6, 6.07) is 3.88. The molecule has 0 aliphatic rings. The fraction of sp³-hybridized carbons (Fsp3) is 0.250. The van der Waals surface area contributed by atoms with Gasteiger partial charge in [0.25, 0.3) is 0 Å². The van der Waals surface area contributed by atoms with Crippen LogP contribution in [0.4, 0.5) is 11.4 Å². The highest BCUT2D eigenvalue weighted by Gasteiger charge is 2.02. The molecule has 2 N–H and O–H groups in total. The molecule has 0 heterocycles. The second kappa shape index (κ2) is 3.96. The van der Waals surface area contributed by atoms with E-state index in [0.29, 0.717) is 0 Å². The minimum atomic E-state index is 0.904. The van der Waals surface area contributed by atoms with Gasteiger partial charge in [0.2, 0.25) is 0 Å². The van der Waals surface area contributed by atoms with E-state index in [1.807, 2.05) is 26.2 Å². The Balaban J connectivity index is 3.18. The molecule has 0 aliphatic carbocycles. The van der Waals surface area contributed by atoms with Crippen LogP contribution in [0.3, 0.4) is 0 Å². The summed E-state index contributed by atoms with van der Waals surface area (Å²) in [5, 5.41) is 6.09. The van der Waals surface area contributed by atoms with Gasteiger partial charge in [-0.3, -0.25) is 0 Å². The molecule has 0 unspecified atom stereocenters. The Hall–Kier alpha value is -0.480. The van der Waals surface area contributed by atoms with E-state index in [0.717, 1.165) is 21.2 Å². The molecule has 0 amide bonds. The smallest absolute Gasteiger partial charge is 0.0494 e. The molecule has 0 radical (unpaired) electrons. The van der Waals surface area contributed by atoms with Crippen LogP contribution < -0.4 is 10.6 Å². The molecule has 0 fully saturated rings. The first kappa shape index (κ1) is 9.61. The molecule has 1 aromatic rings. The minimum absolute atomic E-state index is 0.904. The normalized spacial score (nSPS) is 9.67. The maximum absolute atomic E-state index is 4.29. The molecule has 1 aromatic carbocycles. The topological polar surface area (TPSA) is 24.1 Å². The highest BCUT2D eigenvalue weighted by atomic mass is 32.1. The molecule has 0 aliphatic heterocycles. The van der Waals surface area contributed by atoms with Gasteiger partial charge in [-0.2, -0.15) is 0 Å². The van der Waals surface area contributed by atoms with E-state index >= 15 is 0 Å². The van der Waals surface area contributed by atoms with Crippen molar-refractivity contribution in [3.05, 3.63) is 12.1 Å². The zero-order valence-corrected chi connectivity index (χ0v) is 8.84. The molecule has 0 saturated carbocycles. The van der Waals surface area contributed by atoms with E-state index in [-0.39, 0.29) is 0 Å². The summed E-state index contributed by atoms with van der Waals surface area (Å²) in [5.41, 5.74) is 2.00. The number of thiol groups is 2. The van der Waals surface area contributed by atoms with E-state index < -0.39 is 0 Å². The third-order valence-electron chi connectivity index (χ3n) is 1.65. The van der Waals surface area contributed by atoms with Crippen molar-refractivity contribution in [2.45, 2.75) is 9.79 Å². The van der Waals surface area contributed by atoms with Crippen molar-refractivity contribution in [2.75, 3.05) is 24.7 Å². The lowest BCUT2D eigenvalue weighted by Gasteiger charge is -2.09. The lowest BCUT2D eigenvalue weighted by atomic mass is 10.2. The number of nitrogens with one attached hydrogen (secondary N) is 2. The lowest BCUT2D eigenvalue weighted by molar-refractivity contribution is 1.29. The predicted molar refractivity (Wildman–Crippen MR) is 60.0 cm³/mol. The number of rotatable bonds is 2. The van der Waals surface area contributed by atoms with Crippen molar-refractivity contribution in [3.8, 4) is 0 Å². The van der Waals surface area contributed by atoms with Gasteiger partial charge in [-0.1, -0.05) is 0 Å². The number of hydrogen-bond donors (Lipinski definition) is 4. The minimum Gasteiger partial charge on any atom is -0.387 e. The summed E-state index contributed by atoms with van der Waals surface area (Å²) in [4.78, 5) is 1.81. The SMILES string of the molecule is CNc1cc(NC)c(S)cc1S. The van der Waals surface area contributed by atoms with E-state index in [1.54, 1.807) is 0 Å². The summed E-state index contributed by atoms with van der Waals surface area (Å²) < 4.78 is 0. The quantitative estimate of drug-likeness (QED) is 0.551. The molecule has 4 heteroatoms. The summed E-state index contributed by atoms with van der Waals surface area (Å²) in [6.07, 6.45) is 0. The predicted octanol–water partition coefficient (Wildman–Crippen LogP) is 2.35. The van der Waals surface area contributed by atoms with Crippen LogP contribution in [0, 0.1) is 0 Å². The Morgan fingerprint density at radius 2 is 1.33 bits per heavy atom. The fourth-order valence-electron chi connectivity index (χ4n) is 0.978. The van der Waals surface area contributed by atoms with Gasteiger partial charge in [-0.05, 0) is 12.1 Å². The van der Waals surface area contributed by atoms with Gasteiger partial charge in [-0.15, -0.1) is 25.3 Å². The molecule has 66 valence electrons. The summed E-state index contributed by atoms with van der Waals surface area (Å²) in [5.74, 6) is 0. The highest BCUT2D eigenvalue weighted by molar-refractivity contribution is 7.81. The fourth-order valence-corrected chi connectivity index (χ4v) is 1.69. The van der Waals surface area contributed by atoms with Crippen LogP contribution >= 0.6 is 25.3 Å². The van der Waals surface area contributed by atoms with Gasteiger partial charge >= 0.3 is 0 Å². The van der Waals surface area contributed by atoms with Gasteiger partial charge < -0.3 is 10.6 Å². The Morgan fingerprint density at radius 3 is 1.67 bits per heavy atom. The van der Waals surface area contributed by atoms with Gasteiger partial charge in [0, 0.05) is 35.3 Å². The molecule has 12 heavy (non-hydrogen) atoms. The van der Waals surface area contributed by atoms with Crippen molar-refractivity contribution < 1.29 is 0 Å². The van der Waals surface area contributed by atoms with Gasteiger partial charge in [0.1, 0.15) is 0 Å². The second-order valence-corrected chi connectivity index (χ2v) is 3.35. The van der Waals surface area contributed by atoms with Gasteiger partial charge in [-0.25, -0.2) is 0 Å². The van der Waals surface area contributed by atoms with E-state index in [9.17, 15) is 0 Å². The summed E-state index contributed by atoms with van der Waals surface area (Å²) in [6.45, 7) is 0. The monoisotopic (exact) mass is 200 g/mol. The van der Waals surface area contributed by atoms with Crippen LogP contribution in [0.25, 0.3) is 0 Å². The first-order valence-electron chi connectivity index (χ1n) is 3.60. The Morgan fingerprint density at radius 1 is 0.917 bits per heavy atom. The van der Waals surface area contributed by atoms with Crippen LogP contribution in [0.2, 0.25) is 0 Å². The Labute approximate surface area is 83.6 Å². The van der Waals surface area contributed by atoms with Crippen molar-refractivity contribution in [3.63, 3.8) is 0 Å². The molecule has 0 spiro atoms. The molecule has 2 nitrogen and oxygen atoms in total. The molecule has 1 rings (SSSR count). The van der Waals surface area contributed by atoms with Crippen LogP contribution in [-0.2, 0) is 0 Å². The molecule has 0 atom stereocenters. The first-order valence-corrected chi connectivity index (χ1v) is 4.50. The second-order valence-electron chi connectivity index (χ2n) is 2.39. The maximum atomic E-state index is 4.29. The molecule has 0 bridgehead atoms. The zero-order valence-electron chi connectivity index (χ0n) is 7.05. The van der Waals surface area contributed by atoms with Crippen molar-refractivity contribution >= 4 is 36.6 Å². The number of anilines is 2. The standard InChI is InChI=1S/C8H12N2S2/c1-9-5-3-6(10-2)8(12)4-7(5)11/h3-4,9-12H,1-2H3. The number of hydrogen-bond acceptors (Lipinski definition) is 4. The van der Waals surface area contributed by atoms with Crippen LogP contribution in [0.1, 0.15) is 0 Å². The summed E-state index contributed by atoms with van der Waals surface area (Å²) in [7, 11) is 3.74. The van der Waals surface area contributed by atoms with E-state index in [1.165, 1.54) is 0 Å². The average molecular weight is 200 g/mol. The number of benzene rings is 1. The van der Waals surface area contributed by atoms with Crippen LogP contribution in [-0.4, -0.2) is 14.1 Å². The third-order valence-corrected chi connectivity index (χ3v) is 2.39. The highest BCUT2D eigenvalue weighted by Crippen LogP contribution is 2.29. The van der Waals surface area contributed by atoms with Crippen molar-refractivity contribution in [2.24, 2.45) is 0 Å². The molecular weight excluding hydrogens is 188 g/mol. The molecule has 0 saturated heterocycles. The van der Waals surface area contributed by atoms with Gasteiger partial charge in [0.15, 0.2) is 0 Å². The van der Waals surface area contributed by atoms with Crippen molar-refractivity contribution in [1.82, 2.24) is 0 Å². The third kappa shape index (κ3) is 1.81. The Bertz CT molecular complexity index is 261. The molecular formula is C8H12N2S2. The van der Waals surface area contributed by atoms with E-state index in [4.69, 9.17) is 0 Å². The Kier molecular flexibility index (Phi) is 3.17. The summed E-state index contributed by atoms with van der Waals surface area (Å²) >= 11 is 8.59. The average Bonchev–Trinajstić information content (AvgIpc) is 2.05. The van der Waals surface area contributed by atoms with Crippen molar-refractivity contribution in [1.29, 1.82) is 0 Å².